The van der Waals surface area contributed by atoms with Crippen molar-refractivity contribution in [1.29, 1.82) is 0 Å². The highest BCUT2D eigenvalue weighted by atomic mass is 127. The van der Waals surface area contributed by atoms with Crippen molar-refractivity contribution in [1.82, 2.24) is 15.5 Å². The number of nitrogens with zero attached hydrogens (tertiary/aromatic N) is 2. The zero-order chi connectivity index (χ0) is 18.2. The minimum absolute atomic E-state index is 0. The van der Waals surface area contributed by atoms with E-state index in [0.717, 1.165) is 50.5 Å². The van der Waals surface area contributed by atoms with Crippen LogP contribution in [0.15, 0.2) is 29.3 Å². The van der Waals surface area contributed by atoms with Crippen molar-refractivity contribution >= 4 is 41.7 Å². The summed E-state index contributed by atoms with van der Waals surface area (Å²) in [7, 11) is 1.84. The highest BCUT2D eigenvalue weighted by Crippen LogP contribution is 2.25. The highest BCUT2D eigenvalue weighted by Gasteiger charge is 2.17. The fraction of sp³-hybridized carbons (Fsp3) is 0.650. The summed E-state index contributed by atoms with van der Waals surface area (Å²) >= 11 is 2.07. The van der Waals surface area contributed by atoms with Gasteiger partial charge in [0.05, 0.1) is 12.7 Å². The van der Waals surface area contributed by atoms with Gasteiger partial charge >= 0.3 is 0 Å². The van der Waals surface area contributed by atoms with Crippen LogP contribution in [0.4, 0.5) is 0 Å². The second-order valence-electron chi connectivity index (χ2n) is 7.18. The molecule has 2 unspecified atom stereocenters. The van der Waals surface area contributed by atoms with Crippen molar-refractivity contribution < 1.29 is 4.74 Å². The van der Waals surface area contributed by atoms with E-state index in [1.807, 2.05) is 7.05 Å². The lowest BCUT2D eigenvalue weighted by Crippen LogP contribution is -2.40. The molecule has 0 radical (unpaired) electrons. The third-order valence-corrected chi connectivity index (χ3v) is 6.33. The quantitative estimate of drug-likeness (QED) is 0.355. The summed E-state index contributed by atoms with van der Waals surface area (Å²) in [5.41, 5.74) is 2.66. The first kappa shape index (κ1) is 22.8. The Bertz CT molecular complexity index is 595. The van der Waals surface area contributed by atoms with E-state index in [4.69, 9.17) is 4.74 Å². The summed E-state index contributed by atoms with van der Waals surface area (Å²) in [5, 5.41) is 7.64. The van der Waals surface area contributed by atoms with Crippen LogP contribution in [0.5, 0.6) is 0 Å². The van der Waals surface area contributed by atoms with Crippen LogP contribution in [0.2, 0.25) is 0 Å². The number of halogens is 1. The smallest absolute Gasteiger partial charge is 0.191 e. The second-order valence-corrected chi connectivity index (χ2v) is 8.59. The van der Waals surface area contributed by atoms with Crippen molar-refractivity contribution in [2.45, 2.75) is 44.2 Å². The Balaban J connectivity index is 0.00000261. The van der Waals surface area contributed by atoms with Crippen LogP contribution in [0.3, 0.4) is 0 Å². The molecule has 1 aromatic rings. The van der Waals surface area contributed by atoms with Gasteiger partial charge in [0.1, 0.15) is 0 Å². The minimum Gasteiger partial charge on any atom is -0.376 e. The van der Waals surface area contributed by atoms with E-state index >= 15 is 0 Å². The minimum atomic E-state index is 0. The predicted molar refractivity (Wildman–Crippen MR) is 126 cm³/mol. The maximum Gasteiger partial charge on any atom is 0.191 e. The van der Waals surface area contributed by atoms with E-state index in [-0.39, 0.29) is 24.0 Å². The topological polar surface area (TPSA) is 48.9 Å². The lowest BCUT2D eigenvalue weighted by atomic mass is 10.1. The molecule has 0 saturated carbocycles. The number of hydrogen-bond acceptors (Lipinski definition) is 4. The monoisotopic (exact) mass is 504 g/mol. The summed E-state index contributed by atoms with van der Waals surface area (Å²) < 4.78 is 5.63. The SMILES string of the molecule is CN=C(NCc1cccc(CN2CCOC(C)C2)c1)NCC1CCCS1.I. The normalized spacial score (nSPS) is 23.7. The third kappa shape index (κ3) is 7.79. The molecule has 2 saturated heterocycles. The van der Waals surface area contributed by atoms with Gasteiger partial charge in [-0.3, -0.25) is 9.89 Å². The van der Waals surface area contributed by atoms with Crippen LogP contribution in [0, 0.1) is 0 Å². The number of benzene rings is 1. The van der Waals surface area contributed by atoms with Gasteiger partial charge in [-0.05, 0) is 36.6 Å². The number of rotatable bonds is 6. The summed E-state index contributed by atoms with van der Waals surface area (Å²) in [5.74, 6) is 2.19. The Kier molecular flexibility index (Phi) is 10.2. The Morgan fingerprint density at radius 1 is 1.33 bits per heavy atom. The first-order valence-corrected chi connectivity index (χ1v) is 10.8. The predicted octanol–water partition coefficient (Wildman–Crippen LogP) is 3.09. The molecule has 0 aliphatic carbocycles. The maximum absolute atomic E-state index is 5.63. The maximum atomic E-state index is 5.63. The van der Waals surface area contributed by atoms with Crippen LogP contribution in [0.1, 0.15) is 30.9 Å². The lowest BCUT2D eigenvalue weighted by molar-refractivity contribution is -0.0212. The van der Waals surface area contributed by atoms with Gasteiger partial charge < -0.3 is 15.4 Å². The van der Waals surface area contributed by atoms with Crippen molar-refractivity contribution in [2.24, 2.45) is 4.99 Å². The molecule has 0 bridgehead atoms. The molecule has 0 aromatic heterocycles. The number of guanidine groups is 1. The summed E-state index contributed by atoms with van der Waals surface area (Å²) in [6, 6.07) is 8.85. The van der Waals surface area contributed by atoms with Crippen LogP contribution in [-0.4, -0.2) is 61.3 Å². The van der Waals surface area contributed by atoms with E-state index in [1.165, 1.54) is 29.7 Å². The van der Waals surface area contributed by atoms with Gasteiger partial charge in [0.25, 0.3) is 0 Å². The molecule has 2 atom stereocenters. The van der Waals surface area contributed by atoms with Gasteiger partial charge in [-0.1, -0.05) is 24.3 Å². The molecule has 1 aromatic carbocycles. The Hall–Kier alpha value is -0.510. The molecule has 3 rings (SSSR count). The first-order valence-electron chi connectivity index (χ1n) is 9.71. The Labute approximate surface area is 185 Å². The molecule has 2 heterocycles. The van der Waals surface area contributed by atoms with Crippen LogP contribution in [0.25, 0.3) is 0 Å². The molecule has 0 spiro atoms. The van der Waals surface area contributed by atoms with Crippen molar-refractivity contribution in [3.63, 3.8) is 0 Å². The van der Waals surface area contributed by atoms with Crippen molar-refractivity contribution in [3.05, 3.63) is 35.4 Å². The van der Waals surface area contributed by atoms with E-state index in [1.54, 1.807) is 0 Å². The average molecular weight is 504 g/mol. The third-order valence-electron chi connectivity index (χ3n) is 4.93. The number of aliphatic imine (C=N–C) groups is 1. The zero-order valence-corrected chi connectivity index (χ0v) is 19.6. The van der Waals surface area contributed by atoms with Crippen LogP contribution >= 0.6 is 35.7 Å². The molecule has 2 fully saturated rings. The van der Waals surface area contributed by atoms with Gasteiger partial charge in [-0.15, -0.1) is 24.0 Å². The molecule has 2 N–H and O–H groups in total. The van der Waals surface area contributed by atoms with E-state index in [9.17, 15) is 0 Å². The van der Waals surface area contributed by atoms with Gasteiger partial charge in [-0.2, -0.15) is 11.8 Å². The molecule has 7 heteroatoms. The zero-order valence-electron chi connectivity index (χ0n) is 16.4. The van der Waals surface area contributed by atoms with Crippen LogP contribution < -0.4 is 10.6 Å². The van der Waals surface area contributed by atoms with Crippen molar-refractivity contribution in [2.75, 3.05) is 39.0 Å². The molecular formula is C20H33IN4OS. The van der Waals surface area contributed by atoms with E-state index < -0.39 is 0 Å². The number of thioether (sulfide) groups is 1. The molecule has 152 valence electrons. The Morgan fingerprint density at radius 3 is 2.93 bits per heavy atom. The number of hydrogen-bond donors (Lipinski definition) is 2. The van der Waals surface area contributed by atoms with Gasteiger partial charge in [0, 0.05) is 45.0 Å². The largest absolute Gasteiger partial charge is 0.376 e. The van der Waals surface area contributed by atoms with Crippen LogP contribution in [-0.2, 0) is 17.8 Å². The number of ether oxygens (including phenoxy) is 1. The van der Waals surface area contributed by atoms with Gasteiger partial charge in [-0.25, -0.2) is 0 Å². The van der Waals surface area contributed by atoms with Gasteiger partial charge in [0.15, 0.2) is 5.96 Å². The number of nitrogens with one attached hydrogen (secondary N) is 2. The lowest BCUT2D eigenvalue weighted by Gasteiger charge is -2.31. The summed E-state index contributed by atoms with van der Waals surface area (Å²) in [4.78, 5) is 6.82. The first-order chi connectivity index (χ1) is 12.7. The standard InChI is InChI=1S/C20H32N4OS.HI/c1-16-14-24(8-9-25-16)15-18-6-3-5-17(11-18)12-22-20(21-2)23-13-19-7-4-10-26-19;/h3,5-6,11,16,19H,4,7-10,12-15H2,1-2H3,(H2,21,22,23);1H. The average Bonchev–Trinajstić information content (AvgIpc) is 3.16. The number of morpholine rings is 1. The van der Waals surface area contributed by atoms with Crippen molar-refractivity contribution in [3.8, 4) is 0 Å². The summed E-state index contributed by atoms with van der Waals surface area (Å²) in [6.07, 6.45) is 3.00. The molecule has 27 heavy (non-hydrogen) atoms. The molecule has 5 nitrogen and oxygen atoms in total. The molecule has 0 amide bonds. The highest BCUT2D eigenvalue weighted by molar-refractivity contribution is 14.0. The molecule has 2 aliphatic heterocycles. The van der Waals surface area contributed by atoms with E-state index in [0.29, 0.717) is 6.10 Å². The molecule has 2 aliphatic rings. The Morgan fingerprint density at radius 2 is 2.19 bits per heavy atom. The second kappa shape index (κ2) is 12.1. The van der Waals surface area contributed by atoms with E-state index in [2.05, 4.69) is 63.5 Å². The fourth-order valence-corrected chi connectivity index (χ4v) is 4.75. The van der Waals surface area contributed by atoms with Gasteiger partial charge in [0.2, 0.25) is 0 Å². The molecular weight excluding hydrogens is 471 g/mol. The summed E-state index contributed by atoms with van der Waals surface area (Å²) in [6.45, 7) is 7.80. The fourth-order valence-electron chi connectivity index (χ4n) is 3.55.